The van der Waals surface area contributed by atoms with Crippen LogP contribution in [0.15, 0.2) is 134 Å². The predicted molar refractivity (Wildman–Crippen MR) is 325 cm³/mol. The van der Waals surface area contributed by atoms with Crippen molar-refractivity contribution < 1.29 is 28.6 Å². The second-order valence-electron chi connectivity index (χ2n) is 19.9. The quantitative estimate of drug-likeness (QED) is 0.0261. The fourth-order valence-electron chi connectivity index (χ4n) is 8.03. The van der Waals surface area contributed by atoms with Crippen LogP contribution < -0.4 is 0 Å². The minimum absolute atomic E-state index is 0.0947. The van der Waals surface area contributed by atoms with Crippen LogP contribution in [0.2, 0.25) is 0 Å². The first-order valence-corrected chi connectivity index (χ1v) is 30.7. The van der Waals surface area contributed by atoms with E-state index >= 15 is 0 Å². The molecule has 0 aliphatic heterocycles. The minimum atomic E-state index is -0.798. The fourth-order valence-corrected chi connectivity index (χ4v) is 8.03. The second-order valence-corrected chi connectivity index (χ2v) is 19.9. The minimum Gasteiger partial charge on any atom is -0.462 e. The Bertz CT molecular complexity index is 1620. The molecule has 0 fully saturated rings. The summed E-state index contributed by atoms with van der Waals surface area (Å²) in [4.78, 5) is 38.2. The molecule has 0 saturated carbocycles. The Balaban J connectivity index is 4.27. The van der Waals surface area contributed by atoms with Crippen LogP contribution in [-0.4, -0.2) is 37.2 Å². The summed E-state index contributed by atoms with van der Waals surface area (Å²) in [5.41, 5.74) is 0. The SMILES string of the molecule is CC/C=C\C/C=C\C/C=C\C/C=C\C/C=C\C/C=C\C/C=C\CCCCCCCCCCCC(=O)OCC(COC(=O)CCCCCCC/C=C\C/C=C\CCC)OC(=O)CCCCCCC/C=C\C/C=C\CCC. The first kappa shape index (κ1) is 70.5. The molecule has 1 unspecified atom stereocenters. The van der Waals surface area contributed by atoms with E-state index in [0.717, 1.165) is 173 Å². The number of esters is 3. The van der Waals surface area contributed by atoms with Crippen molar-refractivity contribution in [3.05, 3.63) is 134 Å². The Labute approximate surface area is 462 Å². The third kappa shape index (κ3) is 60.3. The molecule has 1 atom stereocenters. The number of carbonyl (C=O) groups is 3. The number of rotatable bonds is 54. The molecule has 0 aromatic carbocycles. The average molecular weight is 1040 g/mol. The van der Waals surface area contributed by atoms with Crippen LogP contribution in [0, 0.1) is 0 Å². The number of ether oxygens (including phenoxy) is 3. The normalized spacial score (nSPS) is 13.1. The second kappa shape index (κ2) is 62.1. The molecule has 75 heavy (non-hydrogen) atoms. The summed E-state index contributed by atoms with van der Waals surface area (Å²) in [6.45, 7) is 6.36. The van der Waals surface area contributed by atoms with Crippen LogP contribution in [0.4, 0.5) is 0 Å². The van der Waals surface area contributed by atoms with Crippen LogP contribution in [-0.2, 0) is 28.6 Å². The van der Waals surface area contributed by atoms with Crippen molar-refractivity contribution in [3.8, 4) is 0 Å². The molecule has 0 heterocycles. The lowest BCUT2D eigenvalue weighted by molar-refractivity contribution is -0.167. The van der Waals surface area contributed by atoms with Crippen LogP contribution in [0.3, 0.4) is 0 Å². The van der Waals surface area contributed by atoms with E-state index < -0.39 is 6.10 Å². The van der Waals surface area contributed by atoms with E-state index in [0.29, 0.717) is 19.3 Å². The summed E-state index contributed by atoms with van der Waals surface area (Å²) < 4.78 is 16.8. The summed E-state index contributed by atoms with van der Waals surface area (Å²) >= 11 is 0. The molecular weight excluding hydrogens is 925 g/mol. The first-order chi connectivity index (χ1) is 37.0. The zero-order valence-corrected chi connectivity index (χ0v) is 48.5. The van der Waals surface area contributed by atoms with Gasteiger partial charge in [-0.25, -0.2) is 0 Å². The van der Waals surface area contributed by atoms with Gasteiger partial charge in [-0.3, -0.25) is 14.4 Å². The highest BCUT2D eigenvalue weighted by molar-refractivity contribution is 5.71. The highest BCUT2D eigenvalue weighted by Gasteiger charge is 2.19. The lowest BCUT2D eigenvalue weighted by Gasteiger charge is -2.18. The molecule has 0 radical (unpaired) electrons. The standard InChI is InChI=1S/C69H112O6/c1-4-7-10-13-16-19-22-25-26-27-28-29-30-31-32-33-34-35-36-37-38-39-40-41-42-45-47-50-53-56-59-62-68(71)74-65-66(75-69(72)63-60-57-54-51-48-44-24-21-18-15-12-9-6-3)64-73-67(70)61-58-55-52-49-46-43-23-20-17-14-11-8-5-2/h7,10-12,14-16,19-21,23-26,28-29,31-32,34-35,37-38,66H,4-6,8-9,13,17-18,22,27,30,33,36,39-65H2,1-3H3/b10-7-,14-11-,15-12-,19-16-,23-20-,24-21-,26-25-,29-28-,32-31-,35-34-,38-37-. The van der Waals surface area contributed by atoms with E-state index in [1.807, 2.05) is 0 Å². The lowest BCUT2D eigenvalue weighted by atomic mass is 10.1. The maximum Gasteiger partial charge on any atom is 0.306 e. The summed E-state index contributed by atoms with van der Waals surface area (Å²) in [5.74, 6) is -0.931. The van der Waals surface area contributed by atoms with Gasteiger partial charge >= 0.3 is 17.9 Å². The van der Waals surface area contributed by atoms with E-state index in [-0.39, 0.29) is 31.1 Å². The van der Waals surface area contributed by atoms with E-state index in [1.54, 1.807) is 0 Å². The van der Waals surface area contributed by atoms with Crippen LogP contribution in [0.25, 0.3) is 0 Å². The van der Waals surface area contributed by atoms with Crippen molar-refractivity contribution >= 4 is 17.9 Å². The molecule has 0 aromatic heterocycles. The van der Waals surface area contributed by atoms with E-state index in [2.05, 4.69) is 154 Å². The fraction of sp³-hybridized carbons (Fsp3) is 0.638. The molecule has 0 rings (SSSR count). The van der Waals surface area contributed by atoms with Gasteiger partial charge in [0.1, 0.15) is 13.2 Å². The maximum absolute atomic E-state index is 12.8. The van der Waals surface area contributed by atoms with Gasteiger partial charge in [0.05, 0.1) is 0 Å². The molecule has 6 heteroatoms. The molecule has 0 aromatic rings. The lowest BCUT2D eigenvalue weighted by Crippen LogP contribution is -2.30. The number of hydrogen-bond donors (Lipinski definition) is 0. The zero-order chi connectivity index (χ0) is 54.3. The van der Waals surface area contributed by atoms with Gasteiger partial charge in [0.2, 0.25) is 0 Å². The predicted octanol–water partition coefficient (Wildman–Crippen LogP) is 21.0. The summed E-state index contributed by atoms with van der Waals surface area (Å²) in [5, 5.41) is 0. The molecule has 0 aliphatic rings. The summed E-state index contributed by atoms with van der Waals surface area (Å²) in [6.07, 6.45) is 87.4. The first-order valence-electron chi connectivity index (χ1n) is 30.7. The van der Waals surface area contributed by atoms with Crippen molar-refractivity contribution in [1.82, 2.24) is 0 Å². The highest BCUT2D eigenvalue weighted by Crippen LogP contribution is 2.14. The molecule has 0 aliphatic carbocycles. The smallest absolute Gasteiger partial charge is 0.306 e. The Morgan fingerprint density at radius 3 is 0.813 bits per heavy atom. The topological polar surface area (TPSA) is 78.9 Å². The number of hydrogen-bond acceptors (Lipinski definition) is 6. The Morgan fingerprint density at radius 1 is 0.280 bits per heavy atom. The number of unbranched alkanes of at least 4 members (excludes halogenated alkanes) is 21. The molecule has 6 nitrogen and oxygen atoms in total. The van der Waals surface area contributed by atoms with E-state index in [9.17, 15) is 14.4 Å². The molecule has 0 saturated heterocycles. The zero-order valence-electron chi connectivity index (χ0n) is 48.5. The van der Waals surface area contributed by atoms with Gasteiger partial charge in [0, 0.05) is 19.3 Å². The Hall–Kier alpha value is -4.45. The van der Waals surface area contributed by atoms with Crippen molar-refractivity contribution in [2.75, 3.05) is 13.2 Å². The van der Waals surface area contributed by atoms with Crippen LogP contribution in [0.5, 0.6) is 0 Å². The molecule has 0 spiro atoms. The van der Waals surface area contributed by atoms with Crippen molar-refractivity contribution in [2.24, 2.45) is 0 Å². The number of carbonyl (C=O) groups excluding carboxylic acids is 3. The van der Waals surface area contributed by atoms with Gasteiger partial charge in [-0.15, -0.1) is 0 Å². The third-order valence-electron chi connectivity index (χ3n) is 12.6. The van der Waals surface area contributed by atoms with Gasteiger partial charge in [0.25, 0.3) is 0 Å². The molecule has 0 N–H and O–H groups in total. The van der Waals surface area contributed by atoms with Gasteiger partial charge in [0.15, 0.2) is 6.10 Å². The van der Waals surface area contributed by atoms with Crippen LogP contribution in [0.1, 0.15) is 265 Å². The van der Waals surface area contributed by atoms with Gasteiger partial charge in [-0.2, -0.15) is 0 Å². The molecule has 424 valence electrons. The van der Waals surface area contributed by atoms with Crippen LogP contribution >= 0.6 is 0 Å². The highest BCUT2D eigenvalue weighted by atomic mass is 16.6. The molecular formula is C69H112O6. The average Bonchev–Trinajstić information content (AvgIpc) is 3.41. The van der Waals surface area contributed by atoms with Crippen molar-refractivity contribution in [1.29, 1.82) is 0 Å². The molecule has 0 amide bonds. The maximum atomic E-state index is 12.8. The Kier molecular flexibility index (Phi) is 58.4. The largest absolute Gasteiger partial charge is 0.462 e. The van der Waals surface area contributed by atoms with Crippen molar-refractivity contribution in [2.45, 2.75) is 271 Å². The van der Waals surface area contributed by atoms with Gasteiger partial charge < -0.3 is 14.2 Å². The monoisotopic (exact) mass is 1040 g/mol. The Morgan fingerprint density at radius 2 is 0.520 bits per heavy atom. The summed E-state index contributed by atoms with van der Waals surface area (Å²) in [7, 11) is 0. The van der Waals surface area contributed by atoms with Gasteiger partial charge in [-0.05, 0) is 128 Å². The summed E-state index contributed by atoms with van der Waals surface area (Å²) in [6, 6.07) is 0. The van der Waals surface area contributed by atoms with Crippen molar-refractivity contribution in [3.63, 3.8) is 0 Å². The number of allylic oxidation sites excluding steroid dienone is 22. The van der Waals surface area contributed by atoms with Gasteiger partial charge in [-0.1, -0.05) is 251 Å². The molecule has 0 bridgehead atoms. The van der Waals surface area contributed by atoms with E-state index in [1.165, 1.54) is 51.4 Å². The van der Waals surface area contributed by atoms with E-state index in [4.69, 9.17) is 14.2 Å². The third-order valence-corrected chi connectivity index (χ3v) is 12.6.